The number of rotatable bonds is 5. The molecule has 0 aromatic rings. The number of unbranched alkanes of at least 4 members (excludes halogenated alkanes) is 1. The maximum atomic E-state index is 3.93. The smallest absolute Gasteiger partial charge is 0.0282 e. The second-order valence-electron chi connectivity index (χ2n) is 2.62. The van der Waals surface area contributed by atoms with E-state index < -0.39 is 0 Å². The van der Waals surface area contributed by atoms with Crippen LogP contribution in [0.3, 0.4) is 0 Å². The summed E-state index contributed by atoms with van der Waals surface area (Å²) < 4.78 is 0. The zero-order valence-corrected chi connectivity index (χ0v) is 7.64. The van der Waals surface area contributed by atoms with Gasteiger partial charge in [0.05, 0.1) is 0 Å². The molecule has 62 valence electrons. The van der Waals surface area contributed by atoms with Gasteiger partial charge in [-0.05, 0) is 33.1 Å². The molecule has 0 aliphatic heterocycles. The third-order valence-corrected chi connectivity index (χ3v) is 1.51. The molecular formula is C11H18. The van der Waals surface area contributed by atoms with Gasteiger partial charge in [0, 0.05) is 0 Å². The topological polar surface area (TPSA) is 0 Å². The Hall–Kier alpha value is -0.780. The zero-order valence-electron chi connectivity index (χ0n) is 7.64. The molecule has 11 heavy (non-hydrogen) atoms. The largest absolute Gasteiger partial charge is 0.0958 e. The lowest BCUT2D eigenvalue weighted by Crippen LogP contribution is -1.76. The molecule has 0 aliphatic rings. The molecule has 0 fully saturated rings. The van der Waals surface area contributed by atoms with E-state index in [1.807, 2.05) is 13.0 Å². The van der Waals surface area contributed by atoms with Gasteiger partial charge in [-0.1, -0.05) is 36.5 Å². The Morgan fingerprint density at radius 1 is 1.27 bits per heavy atom. The van der Waals surface area contributed by atoms with Crippen molar-refractivity contribution in [2.45, 2.75) is 33.1 Å². The molecule has 0 saturated heterocycles. The minimum absolute atomic E-state index is 1.12. The van der Waals surface area contributed by atoms with Gasteiger partial charge >= 0.3 is 0 Å². The van der Waals surface area contributed by atoms with Gasteiger partial charge in [0.25, 0.3) is 0 Å². The molecule has 0 heteroatoms. The summed E-state index contributed by atoms with van der Waals surface area (Å²) in [5, 5.41) is 0. The van der Waals surface area contributed by atoms with E-state index in [4.69, 9.17) is 0 Å². The van der Waals surface area contributed by atoms with Crippen molar-refractivity contribution in [3.8, 4) is 0 Å². The van der Waals surface area contributed by atoms with E-state index in [0.717, 1.165) is 6.42 Å². The van der Waals surface area contributed by atoms with Crippen LogP contribution in [0.15, 0.2) is 36.5 Å². The summed E-state index contributed by atoms with van der Waals surface area (Å²) in [6.45, 7) is 8.01. The second kappa shape index (κ2) is 7.33. The van der Waals surface area contributed by atoms with Gasteiger partial charge < -0.3 is 0 Å². The van der Waals surface area contributed by atoms with Crippen LogP contribution in [0.25, 0.3) is 0 Å². The first kappa shape index (κ1) is 10.2. The Balaban J connectivity index is 3.31. The van der Waals surface area contributed by atoms with E-state index in [0.29, 0.717) is 0 Å². The summed E-state index contributed by atoms with van der Waals surface area (Å²) in [5.41, 5.74) is 1.23. The predicted molar refractivity (Wildman–Crippen MR) is 52.6 cm³/mol. The maximum absolute atomic E-state index is 3.93. The van der Waals surface area contributed by atoms with Crippen LogP contribution < -0.4 is 0 Å². The van der Waals surface area contributed by atoms with Crippen molar-refractivity contribution in [3.05, 3.63) is 36.5 Å². The van der Waals surface area contributed by atoms with Gasteiger partial charge in [-0.3, -0.25) is 0 Å². The molecule has 0 aliphatic carbocycles. The molecule has 0 radical (unpaired) electrons. The highest BCUT2D eigenvalue weighted by Gasteiger charge is 1.86. The molecular weight excluding hydrogens is 132 g/mol. The van der Waals surface area contributed by atoms with E-state index in [9.17, 15) is 0 Å². The lowest BCUT2D eigenvalue weighted by atomic mass is 10.1. The molecule has 0 atom stereocenters. The Kier molecular flexibility index (Phi) is 6.81. The normalized spacial score (nSPS) is 11.5. The molecule has 0 bridgehead atoms. The van der Waals surface area contributed by atoms with Gasteiger partial charge in [-0.2, -0.15) is 0 Å². The Morgan fingerprint density at radius 2 is 2.00 bits per heavy atom. The molecule has 0 heterocycles. The fourth-order valence-corrected chi connectivity index (χ4v) is 0.933. The fraction of sp³-hybridized carbons (Fsp3) is 0.455. The minimum Gasteiger partial charge on any atom is -0.0958 e. The van der Waals surface area contributed by atoms with Gasteiger partial charge in [0.15, 0.2) is 0 Å². The SMILES string of the molecule is C=C(C=CC)CCCC=CC. The van der Waals surface area contributed by atoms with E-state index in [1.165, 1.54) is 18.4 Å². The highest BCUT2D eigenvalue weighted by Crippen LogP contribution is 2.06. The van der Waals surface area contributed by atoms with E-state index >= 15 is 0 Å². The average Bonchev–Trinajstić information content (AvgIpc) is 1.99. The third kappa shape index (κ3) is 7.11. The molecule has 0 saturated carbocycles. The van der Waals surface area contributed by atoms with Gasteiger partial charge in [0.1, 0.15) is 0 Å². The first-order valence-electron chi connectivity index (χ1n) is 4.23. The third-order valence-electron chi connectivity index (χ3n) is 1.51. The van der Waals surface area contributed by atoms with Crippen molar-refractivity contribution in [3.63, 3.8) is 0 Å². The van der Waals surface area contributed by atoms with Crippen molar-refractivity contribution in [2.24, 2.45) is 0 Å². The first-order valence-corrected chi connectivity index (χ1v) is 4.23. The summed E-state index contributed by atoms with van der Waals surface area (Å²) in [6.07, 6.45) is 11.9. The summed E-state index contributed by atoms with van der Waals surface area (Å²) in [5.74, 6) is 0. The first-order chi connectivity index (χ1) is 5.31. The molecule has 0 unspecified atom stereocenters. The van der Waals surface area contributed by atoms with Gasteiger partial charge in [-0.15, -0.1) is 0 Å². The van der Waals surface area contributed by atoms with Crippen LogP contribution in [0.5, 0.6) is 0 Å². The van der Waals surface area contributed by atoms with Crippen LogP contribution in [0.4, 0.5) is 0 Å². The molecule has 0 nitrogen and oxygen atoms in total. The highest BCUT2D eigenvalue weighted by atomic mass is 13.9. The average molecular weight is 150 g/mol. The Bertz CT molecular complexity index is 149. The number of hydrogen-bond donors (Lipinski definition) is 0. The quantitative estimate of drug-likeness (QED) is 0.317. The van der Waals surface area contributed by atoms with Crippen molar-refractivity contribution in [2.75, 3.05) is 0 Å². The molecule has 0 spiro atoms. The van der Waals surface area contributed by atoms with Gasteiger partial charge in [0.2, 0.25) is 0 Å². The monoisotopic (exact) mass is 150 g/mol. The fourth-order valence-electron chi connectivity index (χ4n) is 0.933. The lowest BCUT2D eigenvalue weighted by Gasteiger charge is -1.95. The molecule has 0 rings (SSSR count). The van der Waals surface area contributed by atoms with Crippen LogP contribution in [0.2, 0.25) is 0 Å². The second-order valence-corrected chi connectivity index (χ2v) is 2.62. The Labute approximate surface area is 70.3 Å². The molecule has 0 aromatic carbocycles. The van der Waals surface area contributed by atoms with Crippen LogP contribution in [0.1, 0.15) is 33.1 Å². The predicted octanol–water partition coefficient (Wildman–Crippen LogP) is 3.87. The number of allylic oxidation sites excluding steroid dienone is 5. The highest BCUT2D eigenvalue weighted by molar-refractivity contribution is 5.13. The van der Waals surface area contributed by atoms with Crippen LogP contribution in [0, 0.1) is 0 Å². The molecule has 0 amide bonds. The number of hydrogen-bond acceptors (Lipinski definition) is 0. The molecule has 0 N–H and O–H groups in total. The van der Waals surface area contributed by atoms with E-state index in [-0.39, 0.29) is 0 Å². The van der Waals surface area contributed by atoms with Gasteiger partial charge in [-0.25, -0.2) is 0 Å². The maximum Gasteiger partial charge on any atom is -0.0282 e. The van der Waals surface area contributed by atoms with Crippen LogP contribution in [-0.2, 0) is 0 Å². The van der Waals surface area contributed by atoms with Crippen molar-refractivity contribution < 1.29 is 0 Å². The van der Waals surface area contributed by atoms with Crippen LogP contribution >= 0.6 is 0 Å². The van der Waals surface area contributed by atoms with E-state index in [2.05, 4.69) is 31.7 Å². The van der Waals surface area contributed by atoms with Crippen molar-refractivity contribution in [1.29, 1.82) is 0 Å². The van der Waals surface area contributed by atoms with E-state index in [1.54, 1.807) is 0 Å². The van der Waals surface area contributed by atoms with Crippen molar-refractivity contribution in [1.82, 2.24) is 0 Å². The summed E-state index contributed by atoms with van der Waals surface area (Å²) in [6, 6.07) is 0. The minimum atomic E-state index is 1.12. The molecule has 0 aromatic heterocycles. The summed E-state index contributed by atoms with van der Waals surface area (Å²) >= 11 is 0. The van der Waals surface area contributed by atoms with Crippen molar-refractivity contribution >= 4 is 0 Å². The summed E-state index contributed by atoms with van der Waals surface area (Å²) in [7, 11) is 0. The van der Waals surface area contributed by atoms with Crippen LogP contribution in [-0.4, -0.2) is 0 Å². The zero-order chi connectivity index (χ0) is 8.53. The standard InChI is InChI=1S/C11H18/c1-4-6-7-8-10-11(3)9-5-2/h4-6,9H,3,7-8,10H2,1-2H3. The lowest BCUT2D eigenvalue weighted by molar-refractivity contribution is 0.847. The summed E-state index contributed by atoms with van der Waals surface area (Å²) in [4.78, 5) is 0. The Morgan fingerprint density at radius 3 is 2.55 bits per heavy atom.